The third-order valence-electron chi connectivity index (χ3n) is 6.01. The maximum absolute atomic E-state index is 13.1. The Hall–Kier alpha value is -2.18. The van der Waals surface area contributed by atoms with Crippen LogP contribution in [0, 0.1) is 12.8 Å². The van der Waals surface area contributed by atoms with Gasteiger partial charge in [-0.3, -0.25) is 14.5 Å². The molecule has 2 aliphatic heterocycles. The molecule has 0 spiro atoms. The van der Waals surface area contributed by atoms with E-state index in [1.807, 2.05) is 40.7 Å². The zero-order chi connectivity index (χ0) is 19.5. The van der Waals surface area contributed by atoms with Crippen LogP contribution in [0.15, 0.2) is 35.1 Å². The van der Waals surface area contributed by atoms with Crippen LogP contribution in [-0.2, 0) is 16.1 Å². The van der Waals surface area contributed by atoms with Crippen LogP contribution in [0.2, 0.25) is 0 Å². The molecule has 6 nitrogen and oxygen atoms in total. The molecule has 2 aliphatic rings. The summed E-state index contributed by atoms with van der Waals surface area (Å²) in [6.07, 6.45) is 2.24. The topological polar surface area (TPSA) is 54.8 Å². The molecular weight excluding hydrogens is 354 g/mol. The number of hydrogen-bond acceptors (Lipinski definition) is 4. The fourth-order valence-corrected chi connectivity index (χ4v) is 4.49. The molecule has 28 heavy (non-hydrogen) atoms. The van der Waals surface area contributed by atoms with E-state index in [0.717, 1.165) is 63.6 Å². The van der Waals surface area contributed by atoms with Crippen LogP contribution in [0.1, 0.15) is 18.5 Å². The summed E-state index contributed by atoms with van der Waals surface area (Å²) in [6, 6.07) is 9.17. The van der Waals surface area contributed by atoms with Crippen molar-refractivity contribution >= 4 is 16.8 Å². The third-order valence-corrected chi connectivity index (χ3v) is 6.01. The van der Waals surface area contributed by atoms with Crippen molar-refractivity contribution in [2.45, 2.75) is 26.3 Å². The fraction of sp³-hybridized carbons (Fsp3) is 0.545. The van der Waals surface area contributed by atoms with E-state index in [4.69, 9.17) is 4.74 Å². The number of benzene rings is 1. The maximum atomic E-state index is 13.1. The second-order valence-corrected chi connectivity index (χ2v) is 8.01. The SMILES string of the molecule is Cc1cc(=O)c2ccccc2n1CC(=O)N1CCC[C@@H](CN2CCOCC2)C1. The average molecular weight is 383 g/mol. The van der Waals surface area contributed by atoms with Crippen LogP contribution in [0.3, 0.4) is 0 Å². The van der Waals surface area contributed by atoms with Crippen molar-refractivity contribution in [3.05, 3.63) is 46.2 Å². The Kier molecular flexibility index (Phi) is 5.78. The Balaban J connectivity index is 1.46. The predicted octanol–water partition coefficient (Wildman–Crippen LogP) is 1.88. The van der Waals surface area contributed by atoms with Gasteiger partial charge in [0, 0.05) is 49.9 Å². The highest BCUT2D eigenvalue weighted by Gasteiger charge is 2.26. The molecule has 0 bridgehead atoms. The summed E-state index contributed by atoms with van der Waals surface area (Å²) in [6.45, 7) is 8.51. The zero-order valence-corrected chi connectivity index (χ0v) is 16.6. The number of piperidine rings is 1. The van der Waals surface area contributed by atoms with E-state index in [1.54, 1.807) is 6.07 Å². The van der Waals surface area contributed by atoms with Gasteiger partial charge in [-0.25, -0.2) is 0 Å². The Morgan fingerprint density at radius 2 is 1.96 bits per heavy atom. The van der Waals surface area contributed by atoms with Crippen LogP contribution in [-0.4, -0.2) is 66.2 Å². The van der Waals surface area contributed by atoms with E-state index < -0.39 is 0 Å². The first kappa shape index (κ1) is 19.2. The second kappa shape index (κ2) is 8.45. The standard InChI is InChI=1S/C22H29N3O3/c1-17-13-21(26)19-6-2-3-7-20(19)25(17)16-22(27)24-8-4-5-18(15-24)14-23-9-11-28-12-10-23/h2-3,6-7,13,18H,4-5,8-12,14-16H2,1H3/t18-/m0/s1. The summed E-state index contributed by atoms with van der Waals surface area (Å²) in [5, 5.41) is 0.671. The van der Waals surface area contributed by atoms with Gasteiger partial charge >= 0.3 is 0 Å². The number of nitrogens with zero attached hydrogens (tertiary/aromatic N) is 3. The van der Waals surface area contributed by atoms with Gasteiger partial charge < -0.3 is 14.2 Å². The lowest BCUT2D eigenvalue weighted by molar-refractivity contribution is -0.133. The van der Waals surface area contributed by atoms with Crippen LogP contribution in [0.4, 0.5) is 0 Å². The first-order valence-electron chi connectivity index (χ1n) is 10.3. The molecule has 2 aromatic rings. The third kappa shape index (κ3) is 4.13. The molecule has 150 valence electrons. The smallest absolute Gasteiger partial charge is 0.242 e. The van der Waals surface area contributed by atoms with E-state index in [1.165, 1.54) is 6.42 Å². The lowest BCUT2D eigenvalue weighted by Crippen LogP contribution is -2.47. The first-order valence-corrected chi connectivity index (χ1v) is 10.3. The van der Waals surface area contributed by atoms with Gasteiger partial charge in [-0.15, -0.1) is 0 Å². The number of carbonyl (C=O) groups excluding carboxylic acids is 1. The Morgan fingerprint density at radius 1 is 1.18 bits per heavy atom. The van der Waals surface area contributed by atoms with E-state index in [9.17, 15) is 9.59 Å². The normalized spacial score (nSPS) is 21.2. The Morgan fingerprint density at radius 3 is 2.79 bits per heavy atom. The highest BCUT2D eigenvalue weighted by atomic mass is 16.5. The number of para-hydroxylation sites is 1. The molecule has 1 amide bonds. The minimum atomic E-state index is 0.0142. The molecule has 6 heteroatoms. The average Bonchev–Trinajstić information content (AvgIpc) is 2.72. The van der Waals surface area contributed by atoms with Gasteiger partial charge in [-0.1, -0.05) is 12.1 Å². The largest absolute Gasteiger partial charge is 0.379 e. The second-order valence-electron chi connectivity index (χ2n) is 8.01. The van der Waals surface area contributed by atoms with E-state index in [2.05, 4.69) is 4.90 Å². The van der Waals surface area contributed by atoms with E-state index in [0.29, 0.717) is 11.3 Å². The molecule has 3 heterocycles. The number of aryl methyl sites for hydroxylation is 1. The number of hydrogen-bond donors (Lipinski definition) is 0. The summed E-state index contributed by atoms with van der Waals surface area (Å²) in [5.41, 5.74) is 1.68. The number of rotatable bonds is 4. The summed E-state index contributed by atoms with van der Waals surface area (Å²) in [7, 11) is 0. The van der Waals surface area contributed by atoms with Gasteiger partial charge in [0.05, 0.1) is 18.7 Å². The van der Waals surface area contributed by atoms with Gasteiger partial charge in [-0.05, 0) is 37.8 Å². The molecule has 0 N–H and O–H groups in total. The van der Waals surface area contributed by atoms with Gasteiger partial charge in [0.2, 0.25) is 5.91 Å². The predicted molar refractivity (Wildman–Crippen MR) is 110 cm³/mol. The number of aromatic nitrogens is 1. The van der Waals surface area contributed by atoms with Crippen molar-refractivity contribution in [2.24, 2.45) is 5.92 Å². The molecule has 2 saturated heterocycles. The maximum Gasteiger partial charge on any atom is 0.242 e. The minimum absolute atomic E-state index is 0.0142. The van der Waals surface area contributed by atoms with Crippen molar-refractivity contribution in [3.63, 3.8) is 0 Å². The molecule has 0 saturated carbocycles. The number of morpholine rings is 1. The van der Waals surface area contributed by atoms with Gasteiger partial charge in [0.25, 0.3) is 0 Å². The first-order chi connectivity index (χ1) is 13.6. The van der Waals surface area contributed by atoms with Crippen molar-refractivity contribution in [1.29, 1.82) is 0 Å². The van der Waals surface area contributed by atoms with Crippen LogP contribution in [0.5, 0.6) is 0 Å². The molecule has 0 radical (unpaired) electrons. The van der Waals surface area contributed by atoms with Crippen LogP contribution >= 0.6 is 0 Å². The lowest BCUT2D eigenvalue weighted by atomic mass is 9.97. The number of likely N-dealkylation sites (tertiary alicyclic amines) is 1. The molecule has 2 fully saturated rings. The van der Waals surface area contributed by atoms with Crippen LogP contribution < -0.4 is 5.43 Å². The summed E-state index contributed by atoms with van der Waals surface area (Å²) < 4.78 is 7.41. The van der Waals surface area contributed by atoms with Gasteiger partial charge in [0.1, 0.15) is 6.54 Å². The van der Waals surface area contributed by atoms with Crippen molar-refractivity contribution < 1.29 is 9.53 Å². The van der Waals surface area contributed by atoms with Crippen molar-refractivity contribution in [2.75, 3.05) is 45.9 Å². The fourth-order valence-electron chi connectivity index (χ4n) is 4.49. The summed E-state index contributed by atoms with van der Waals surface area (Å²) in [5.74, 6) is 0.672. The van der Waals surface area contributed by atoms with Crippen molar-refractivity contribution in [3.8, 4) is 0 Å². The monoisotopic (exact) mass is 383 g/mol. The number of carbonyl (C=O) groups is 1. The highest BCUT2D eigenvalue weighted by molar-refractivity contribution is 5.82. The van der Waals surface area contributed by atoms with Gasteiger partial charge in [0.15, 0.2) is 5.43 Å². The van der Waals surface area contributed by atoms with E-state index in [-0.39, 0.29) is 17.9 Å². The molecule has 0 aliphatic carbocycles. The molecule has 1 aromatic carbocycles. The Labute approximate surface area is 165 Å². The molecule has 4 rings (SSSR count). The van der Waals surface area contributed by atoms with Gasteiger partial charge in [-0.2, -0.15) is 0 Å². The molecule has 0 unspecified atom stereocenters. The molecular formula is C22H29N3O3. The number of ether oxygens (including phenoxy) is 1. The van der Waals surface area contributed by atoms with Crippen LogP contribution in [0.25, 0.3) is 10.9 Å². The quantitative estimate of drug-likeness (QED) is 0.809. The number of fused-ring (bicyclic) bond motifs is 1. The lowest BCUT2D eigenvalue weighted by Gasteiger charge is -2.37. The number of amides is 1. The minimum Gasteiger partial charge on any atom is -0.379 e. The van der Waals surface area contributed by atoms with E-state index >= 15 is 0 Å². The highest BCUT2D eigenvalue weighted by Crippen LogP contribution is 2.20. The molecule has 1 atom stereocenters. The summed E-state index contributed by atoms with van der Waals surface area (Å²) in [4.78, 5) is 29.8. The van der Waals surface area contributed by atoms with Crippen molar-refractivity contribution in [1.82, 2.24) is 14.4 Å². The number of pyridine rings is 1. The zero-order valence-electron chi connectivity index (χ0n) is 16.6. The molecule has 1 aromatic heterocycles. The summed E-state index contributed by atoms with van der Waals surface area (Å²) >= 11 is 0. The Bertz CT molecular complexity index is 902.